The lowest BCUT2D eigenvalue weighted by atomic mass is 10.0. The van der Waals surface area contributed by atoms with Gasteiger partial charge in [0.15, 0.2) is 5.78 Å². The van der Waals surface area contributed by atoms with E-state index in [2.05, 4.69) is 16.0 Å². The summed E-state index contributed by atoms with van der Waals surface area (Å²) >= 11 is 0. The summed E-state index contributed by atoms with van der Waals surface area (Å²) < 4.78 is 5.26. The number of aliphatic hydroxyl groups is 1. The standard InChI is InChI=1S/C28H33N3O4/c1-35-25-14-8-11-22(15-25)17-29-20-27(33)26(16-21-9-4-2-5-10-21)30-18-24(32)19-31-28(34)23-12-6-3-7-13-23/h2-15,26-27,29-30,33H,16-20H2,1H3,(H,31,34)/t26-,27+/m0/s1. The van der Waals surface area contributed by atoms with Gasteiger partial charge in [0.05, 0.1) is 26.3 Å². The van der Waals surface area contributed by atoms with Crippen LogP contribution in [0.2, 0.25) is 0 Å². The smallest absolute Gasteiger partial charge is 0.251 e. The van der Waals surface area contributed by atoms with Crippen molar-refractivity contribution in [3.8, 4) is 5.75 Å². The lowest BCUT2D eigenvalue weighted by molar-refractivity contribution is -0.117. The van der Waals surface area contributed by atoms with Gasteiger partial charge in [0, 0.05) is 24.7 Å². The molecule has 35 heavy (non-hydrogen) atoms. The van der Waals surface area contributed by atoms with Gasteiger partial charge in [-0.15, -0.1) is 0 Å². The second kappa shape index (κ2) is 14.0. The first kappa shape index (κ1) is 26.1. The molecular formula is C28H33N3O4. The highest BCUT2D eigenvalue weighted by Gasteiger charge is 2.20. The van der Waals surface area contributed by atoms with Crippen LogP contribution in [0, 0.1) is 0 Å². The zero-order valence-electron chi connectivity index (χ0n) is 19.9. The van der Waals surface area contributed by atoms with E-state index in [0.29, 0.717) is 25.1 Å². The van der Waals surface area contributed by atoms with Crippen molar-refractivity contribution in [2.75, 3.05) is 26.7 Å². The van der Waals surface area contributed by atoms with Crippen LogP contribution in [0.25, 0.3) is 0 Å². The zero-order valence-corrected chi connectivity index (χ0v) is 19.9. The number of benzene rings is 3. The van der Waals surface area contributed by atoms with E-state index in [4.69, 9.17) is 4.74 Å². The number of ketones is 1. The first-order valence-electron chi connectivity index (χ1n) is 11.7. The van der Waals surface area contributed by atoms with Crippen LogP contribution in [0.3, 0.4) is 0 Å². The topological polar surface area (TPSA) is 99.7 Å². The van der Waals surface area contributed by atoms with Crippen LogP contribution in [0.15, 0.2) is 84.9 Å². The van der Waals surface area contributed by atoms with Crippen molar-refractivity contribution in [2.45, 2.75) is 25.1 Å². The fourth-order valence-corrected chi connectivity index (χ4v) is 3.68. The predicted molar refractivity (Wildman–Crippen MR) is 136 cm³/mol. The Labute approximate surface area is 206 Å². The maximum Gasteiger partial charge on any atom is 0.251 e. The van der Waals surface area contributed by atoms with E-state index in [9.17, 15) is 14.7 Å². The molecule has 0 aromatic heterocycles. The van der Waals surface area contributed by atoms with Crippen LogP contribution in [-0.2, 0) is 17.8 Å². The molecule has 3 rings (SSSR count). The number of Topliss-reactive ketones (excluding diaryl/α,β-unsaturated/α-hetero) is 1. The number of rotatable bonds is 14. The van der Waals surface area contributed by atoms with E-state index in [1.807, 2.05) is 60.7 Å². The van der Waals surface area contributed by atoms with Crippen molar-refractivity contribution in [3.05, 3.63) is 102 Å². The molecule has 0 aliphatic heterocycles. The lowest BCUT2D eigenvalue weighted by Gasteiger charge is -2.25. The molecule has 0 aliphatic carbocycles. The van der Waals surface area contributed by atoms with Gasteiger partial charge >= 0.3 is 0 Å². The molecule has 3 aromatic rings. The van der Waals surface area contributed by atoms with E-state index in [1.165, 1.54) is 0 Å². The number of methoxy groups -OCH3 is 1. The third-order valence-corrected chi connectivity index (χ3v) is 5.62. The Balaban J connectivity index is 1.51. The molecule has 7 heteroatoms. The van der Waals surface area contributed by atoms with Crippen LogP contribution in [0.5, 0.6) is 5.75 Å². The van der Waals surface area contributed by atoms with E-state index < -0.39 is 6.10 Å². The van der Waals surface area contributed by atoms with Gasteiger partial charge in [0.1, 0.15) is 5.75 Å². The third-order valence-electron chi connectivity index (χ3n) is 5.62. The Morgan fingerprint density at radius 3 is 2.29 bits per heavy atom. The number of ether oxygens (including phenoxy) is 1. The molecule has 0 saturated carbocycles. The quantitative estimate of drug-likeness (QED) is 0.286. The number of hydrogen-bond acceptors (Lipinski definition) is 6. The summed E-state index contributed by atoms with van der Waals surface area (Å²) in [6.45, 7) is 0.889. The highest BCUT2D eigenvalue weighted by molar-refractivity contribution is 5.96. The minimum absolute atomic E-state index is 0.0412. The molecule has 0 spiro atoms. The molecule has 0 aliphatic rings. The van der Waals surface area contributed by atoms with Crippen LogP contribution in [0.4, 0.5) is 0 Å². The number of hydrogen-bond donors (Lipinski definition) is 4. The van der Waals surface area contributed by atoms with Gasteiger partial charge in [-0.1, -0.05) is 60.7 Å². The lowest BCUT2D eigenvalue weighted by Crippen LogP contribution is -2.48. The predicted octanol–water partition coefficient (Wildman–Crippen LogP) is 2.35. The summed E-state index contributed by atoms with van der Waals surface area (Å²) in [6.07, 6.45) is -0.167. The number of aliphatic hydroxyl groups excluding tert-OH is 1. The molecule has 0 bridgehead atoms. The third kappa shape index (κ3) is 8.98. The molecule has 0 radical (unpaired) electrons. The largest absolute Gasteiger partial charge is 0.497 e. The van der Waals surface area contributed by atoms with Gasteiger partial charge in [-0.05, 0) is 41.8 Å². The second-order valence-corrected chi connectivity index (χ2v) is 8.31. The van der Waals surface area contributed by atoms with Gasteiger partial charge < -0.3 is 25.8 Å². The summed E-state index contributed by atoms with van der Waals surface area (Å²) in [6, 6.07) is 26.0. The maximum atomic E-state index is 12.4. The number of carbonyl (C=O) groups excluding carboxylic acids is 2. The number of carbonyl (C=O) groups is 2. The van der Waals surface area contributed by atoms with E-state index in [1.54, 1.807) is 31.4 Å². The Bertz CT molecular complexity index is 1060. The zero-order chi connectivity index (χ0) is 24.9. The second-order valence-electron chi connectivity index (χ2n) is 8.31. The average Bonchev–Trinajstić information content (AvgIpc) is 2.90. The number of nitrogens with one attached hydrogen (secondary N) is 3. The van der Waals surface area contributed by atoms with Crippen molar-refractivity contribution in [2.24, 2.45) is 0 Å². The van der Waals surface area contributed by atoms with Crippen molar-refractivity contribution < 1.29 is 19.4 Å². The van der Waals surface area contributed by atoms with Gasteiger partial charge in [0.25, 0.3) is 5.91 Å². The highest BCUT2D eigenvalue weighted by Crippen LogP contribution is 2.12. The van der Waals surface area contributed by atoms with Gasteiger partial charge in [-0.3, -0.25) is 9.59 Å². The van der Waals surface area contributed by atoms with Crippen LogP contribution in [-0.4, -0.2) is 55.7 Å². The molecule has 0 unspecified atom stereocenters. The van der Waals surface area contributed by atoms with Gasteiger partial charge in [-0.2, -0.15) is 0 Å². The minimum atomic E-state index is -0.729. The molecule has 3 aromatic carbocycles. The molecule has 0 fully saturated rings. The van der Waals surface area contributed by atoms with Gasteiger partial charge in [0.2, 0.25) is 0 Å². The maximum absolute atomic E-state index is 12.4. The summed E-state index contributed by atoms with van der Waals surface area (Å²) in [5.41, 5.74) is 2.61. The Morgan fingerprint density at radius 2 is 1.57 bits per heavy atom. The molecule has 2 atom stereocenters. The van der Waals surface area contributed by atoms with Crippen molar-refractivity contribution >= 4 is 11.7 Å². The first-order valence-corrected chi connectivity index (χ1v) is 11.7. The molecule has 184 valence electrons. The fourth-order valence-electron chi connectivity index (χ4n) is 3.68. The summed E-state index contributed by atoms with van der Waals surface area (Å²) in [5, 5.41) is 20.0. The average molecular weight is 476 g/mol. The molecular weight excluding hydrogens is 442 g/mol. The van der Waals surface area contributed by atoms with Gasteiger partial charge in [-0.25, -0.2) is 0 Å². The van der Waals surface area contributed by atoms with Crippen molar-refractivity contribution in [1.82, 2.24) is 16.0 Å². The van der Waals surface area contributed by atoms with Crippen LogP contribution < -0.4 is 20.7 Å². The normalized spacial score (nSPS) is 12.5. The van der Waals surface area contributed by atoms with E-state index >= 15 is 0 Å². The monoisotopic (exact) mass is 475 g/mol. The summed E-state index contributed by atoms with van der Waals surface area (Å²) in [5.74, 6) is 0.330. The Morgan fingerprint density at radius 1 is 0.886 bits per heavy atom. The van der Waals surface area contributed by atoms with Crippen molar-refractivity contribution in [1.29, 1.82) is 0 Å². The molecule has 4 N–H and O–H groups in total. The SMILES string of the molecule is COc1cccc(CNC[C@@H](O)[C@H](Cc2ccccc2)NCC(=O)CNC(=O)c2ccccc2)c1. The Hall–Kier alpha value is -3.52. The molecule has 1 amide bonds. The Kier molecular flexibility index (Phi) is 10.4. The highest BCUT2D eigenvalue weighted by atomic mass is 16.5. The molecule has 0 saturated heterocycles. The van der Waals surface area contributed by atoms with Crippen LogP contribution in [0.1, 0.15) is 21.5 Å². The fraction of sp³-hybridized carbons (Fsp3) is 0.286. The van der Waals surface area contributed by atoms with Crippen molar-refractivity contribution in [3.63, 3.8) is 0 Å². The van der Waals surface area contributed by atoms with Crippen LogP contribution >= 0.6 is 0 Å². The number of amides is 1. The first-order chi connectivity index (χ1) is 17.0. The van der Waals surface area contributed by atoms with E-state index in [-0.39, 0.29) is 30.8 Å². The van der Waals surface area contributed by atoms with E-state index in [0.717, 1.165) is 16.9 Å². The molecule has 0 heterocycles. The molecule has 7 nitrogen and oxygen atoms in total. The summed E-state index contributed by atoms with van der Waals surface area (Å²) in [7, 11) is 1.63. The summed E-state index contributed by atoms with van der Waals surface area (Å²) in [4.78, 5) is 24.6. The minimum Gasteiger partial charge on any atom is -0.497 e.